The molecule has 0 spiro atoms. The normalized spacial score (nSPS) is 11.6. The number of fused-ring (bicyclic) bond motifs is 1. The molecule has 28 heavy (non-hydrogen) atoms. The zero-order valence-electron chi connectivity index (χ0n) is 15.8. The molecule has 3 aromatic carbocycles. The van der Waals surface area contributed by atoms with E-state index in [1.54, 1.807) is 18.2 Å². The molecular formula is C22H24N2O3S. The van der Waals surface area contributed by atoms with Gasteiger partial charge < -0.3 is 5.32 Å². The van der Waals surface area contributed by atoms with Crippen LogP contribution < -0.4 is 5.32 Å². The summed E-state index contributed by atoms with van der Waals surface area (Å²) in [7, 11) is -2.24. The first-order chi connectivity index (χ1) is 13.5. The molecule has 0 aliphatic carbocycles. The van der Waals surface area contributed by atoms with Crippen LogP contribution in [-0.4, -0.2) is 38.8 Å². The van der Waals surface area contributed by atoms with Crippen molar-refractivity contribution in [1.29, 1.82) is 0 Å². The number of sulfonamides is 1. The van der Waals surface area contributed by atoms with Gasteiger partial charge in [-0.25, -0.2) is 8.42 Å². The number of hydrogen-bond donors (Lipinski definition) is 1. The molecule has 0 atom stereocenters. The number of carbonyl (C=O) groups is 1. The van der Waals surface area contributed by atoms with Crippen LogP contribution in [0.2, 0.25) is 0 Å². The predicted octanol–water partition coefficient (Wildman–Crippen LogP) is 3.21. The van der Waals surface area contributed by atoms with Gasteiger partial charge >= 0.3 is 0 Å². The third-order valence-electron chi connectivity index (χ3n) is 4.64. The molecule has 0 aliphatic rings. The third-order valence-corrected chi connectivity index (χ3v) is 6.46. The number of rotatable bonds is 8. The second-order valence-corrected chi connectivity index (χ2v) is 8.71. The number of likely N-dealkylation sites (N-methyl/N-ethyl adjacent to an activating group) is 1. The largest absolute Gasteiger partial charge is 0.355 e. The highest BCUT2D eigenvalue weighted by Crippen LogP contribution is 2.19. The molecule has 6 heteroatoms. The highest BCUT2D eigenvalue weighted by atomic mass is 32.2. The van der Waals surface area contributed by atoms with Crippen LogP contribution >= 0.6 is 0 Å². The molecule has 0 aromatic heterocycles. The summed E-state index contributed by atoms with van der Waals surface area (Å²) in [6.07, 6.45) is 1.63. The van der Waals surface area contributed by atoms with Crippen LogP contribution in [0.1, 0.15) is 12.0 Å². The minimum atomic E-state index is -3.66. The molecule has 3 aromatic rings. The summed E-state index contributed by atoms with van der Waals surface area (Å²) >= 11 is 0. The van der Waals surface area contributed by atoms with Crippen LogP contribution in [-0.2, 0) is 21.2 Å². The topological polar surface area (TPSA) is 66.5 Å². The molecule has 1 amide bonds. The van der Waals surface area contributed by atoms with Gasteiger partial charge in [0, 0.05) is 13.6 Å². The quantitative estimate of drug-likeness (QED) is 0.595. The summed E-state index contributed by atoms with van der Waals surface area (Å²) in [5.41, 5.74) is 1.25. The number of nitrogens with one attached hydrogen (secondary N) is 1. The van der Waals surface area contributed by atoms with E-state index < -0.39 is 10.0 Å². The lowest BCUT2D eigenvalue weighted by Gasteiger charge is -2.17. The SMILES string of the molecule is CN(CC(=O)NCCCc1cccc2ccccc12)S(=O)(=O)c1ccccc1. The number of hydrogen-bond acceptors (Lipinski definition) is 3. The fourth-order valence-corrected chi connectivity index (χ4v) is 4.28. The Kier molecular flexibility index (Phi) is 6.44. The van der Waals surface area contributed by atoms with Gasteiger partial charge in [0.05, 0.1) is 11.4 Å². The second-order valence-electron chi connectivity index (χ2n) is 6.67. The highest BCUT2D eigenvalue weighted by Gasteiger charge is 2.22. The van der Waals surface area contributed by atoms with Crippen molar-refractivity contribution < 1.29 is 13.2 Å². The number of nitrogens with zero attached hydrogens (tertiary/aromatic N) is 1. The molecule has 1 N–H and O–H groups in total. The number of benzene rings is 3. The van der Waals surface area contributed by atoms with Gasteiger partial charge in [-0.05, 0) is 41.3 Å². The Labute approximate surface area is 166 Å². The highest BCUT2D eigenvalue weighted by molar-refractivity contribution is 7.89. The van der Waals surface area contributed by atoms with Crippen LogP contribution in [0.25, 0.3) is 10.8 Å². The molecule has 0 radical (unpaired) electrons. The van der Waals surface area contributed by atoms with E-state index in [0.717, 1.165) is 17.1 Å². The van der Waals surface area contributed by atoms with Crippen molar-refractivity contribution in [2.24, 2.45) is 0 Å². The maximum Gasteiger partial charge on any atom is 0.243 e. The van der Waals surface area contributed by atoms with Gasteiger partial charge in [-0.15, -0.1) is 0 Å². The maximum atomic E-state index is 12.5. The van der Waals surface area contributed by atoms with Gasteiger partial charge in [0.15, 0.2) is 0 Å². The third kappa shape index (κ3) is 4.77. The summed E-state index contributed by atoms with van der Waals surface area (Å²) in [5, 5.41) is 5.24. The molecular weight excluding hydrogens is 372 g/mol. The van der Waals surface area contributed by atoms with E-state index >= 15 is 0 Å². The van der Waals surface area contributed by atoms with E-state index in [2.05, 4.69) is 29.6 Å². The first-order valence-electron chi connectivity index (χ1n) is 9.23. The fraction of sp³-hybridized carbons (Fsp3) is 0.227. The first kappa shape index (κ1) is 20.0. The number of amides is 1. The molecule has 0 bridgehead atoms. The van der Waals surface area contributed by atoms with E-state index in [1.165, 1.54) is 35.5 Å². The molecule has 3 rings (SSSR count). The molecule has 0 fully saturated rings. The van der Waals surface area contributed by atoms with Crippen LogP contribution in [0.4, 0.5) is 0 Å². The Balaban J connectivity index is 1.49. The maximum absolute atomic E-state index is 12.5. The minimum absolute atomic E-state index is 0.182. The van der Waals surface area contributed by atoms with Gasteiger partial charge in [0.2, 0.25) is 15.9 Å². The van der Waals surface area contributed by atoms with Crippen molar-refractivity contribution in [3.05, 3.63) is 78.4 Å². The van der Waals surface area contributed by atoms with Crippen molar-refractivity contribution in [2.75, 3.05) is 20.1 Å². The van der Waals surface area contributed by atoms with Gasteiger partial charge in [-0.2, -0.15) is 4.31 Å². The molecule has 0 aliphatic heterocycles. The Hall–Kier alpha value is -2.70. The Morgan fingerprint density at radius 1 is 0.929 bits per heavy atom. The lowest BCUT2D eigenvalue weighted by Crippen LogP contribution is -2.38. The number of carbonyl (C=O) groups excluding carboxylic acids is 1. The predicted molar refractivity (Wildman–Crippen MR) is 112 cm³/mol. The van der Waals surface area contributed by atoms with Crippen molar-refractivity contribution in [2.45, 2.75) is 17.7 Å². The molecule has 0 saturated carbocycles. The standard InChI is InChI=1S/C22H24N2O3S/c1-24(28(26,27)20-13-3-2-4-14-20)17-22(25)23-16-8-12-19-11-7-10-18-9-5-6-15-21(18)19/h2-7,9-11,13-15H,8,12,16-17H2,1H3,(H,23,25). The van der Waals surface area contributed by atoms with Crippen molar-refractivity contribution in [1.82, 2.24) is 9.62 Å². The van der Waals surface area contributed by atoms with Gasteiger partial charge in [-0.3, -0.25) is 4.79 Å². The zero-order valence-corrected chi connectivity index (χ0v) is 16.7. The Morgan fingerprint density at radius 2 is 1.61 bits per heavy atom. The molecule has 5 nitrogen and oxygen atoms in total. The summed E-state index contributed by atoms with van der Waals surface area (Å²) in [6.45, 7) is 0.298. The van der Waals surface area contributed by atoms with E-state index in [0.29, 0.717) is 6.54 Å². The van der Waals surface area contributed by atoms with Gasteiger partial charge in [0.25, 0.3) is 0 Å². The van der Waals surface area contributed by atoms with Crippen LogP contribution in [0.15, 0.2) is 77.7 Å². The van der Waals surface area contributed by atoms with E-state index in [9.17, 15) is 13.2 Å². The van der Waals surface area contributed by atoms with E-state index in [1.807, 2.05) is 18.2 Å². The van der Waals surface area contributed by atoms with Crippen LogP contribution in [0.5, 0.6) is 0 Å². The smallest absolute Gasteiger partial charge is 0.243 e. The van der Waals surface area contributed by atoms with E-state index in [4.69, 9.17) is 0 Å². The molecule has 0 saturated heterocycles. The molecule has 0 heterocycles. The first-order valence-corrected chi connectivity index (χ1v) is 10.7. The Bertz CT molecular complexity index is 1040. The zero-order chi connectivity index (χ0) is 20.0. The number of aryl methyl sites for hydroxylation is 1. The van der Waals surface area contributed by atoms with Crippen molar-refractivity contribution in [3.63, 3.8) is 0 Å². The average molecular weight is 397 g/mol. The van der Waals surface area contributed by atoms with Crippen molar-refractivity contribution >= 4 is 26.7 Å². The summed E-state index contributed by atoms with van der Waals surface area (Å²) in [4.78, 5) is 12.3. The summed E-state index contributed by atoms with van der Waals surface area (Å²) < 4.78 is 26.0. The Morgan fingerprint density at radius 3 is 2.39 bits per heavy atom. The van der Waals surface area contributed by atoms with Gasteiger partial charge in [-0.1, -0.05) is 60.7 Å². The molecule has 0 unspecified atom stereocenters. The van der Waals surface area contributed by atoms with Gasteiger partial charge in [0.1, 0.15) is 0 Å². The lowest BCUT2D eigenvalue weighted by molar-refractivity contribution is -0.121. The summed E-state index contributed by atoms with van der Waals surface area (Å²) in [6, 6.07) is 22.6. The average Bonchev–Trinajstić information content (AvgIpc) is 2.72. The fourth-order valence-electron chi connectivity index (χ4n) is 3.13. The second kappa shape index (κ2) is 8.99. The van der Waals surface area contributed by atoms with E-state index in [-0.39, 0.29) is 17.3 Å². The molecule has 146 valence electrons. The van der Waals surface area contributed by atoms with Crippen LogP contribution in [0, 0.1) is 0 Å². The minimum Gasteiger partial charge on any atom is -0.355 e. The van der Waals surface area contributed by atoms with Crippen LogP contribution in [0.3, 0.4) is 0 Å². The van der Waals surface area contributed by atoms with Crippen molar-refractivity contribution in [3.8, 4) is 0 Å². The monoisotopic (exact) mass is 396 g/mol. The summed E-state index contributed by atoms with van der Waals surface area (Å²) in [5.74, 6) is -0.306. The lowest BCUT2D eigenvalue weighted by atomic mass is 10.0.